The third kappa shape index (κ3) is 2.40. The van der Waals surface area contributed by atoms with Gasteiger partial charge >= 0.3 is 0 Å². The summed E-state index contributed by atoms with van der Waals surface area (Å²) in [6.07, 6.45) is -0.731. The van der Waals surface area contributed by atoms with Gasteiger partial charge < -0.3 is 9.84 Å². The topological polar surface area (TPSA) is 42.4 Å². The highest BCUT2D eigenvalue weighted by atomic mass is 32.1. The number of benzene rings is 1. The lowest BCUT2D eigenvalue weighted by atomic mass is 9.98. The molecule has 0 bridgehead atoms. The van der Waals surface area contributed by atoms with Crippen LogP contribution in [0, 0.1) is 20.8 Å². The molecule has 1 unspecified atom stereocenters. The Kier molecular flexibility index (Phi) is 3.68. The second-order valence-corrected chi connectivity index (χ2v) is 5.45. The predicted octanol–water partition coefficient (Wildman–Crippen LogP) is 3.16. The van der Waals surface area contributed by atoms with Gasteiger partial charge in [0.05, 0.1) is 17.8 Å². The molecule has 0 amide bonds. The van der Waals surface area contributed by atoms with Gasteiger partial charge in [-0.25, -0.2) is 4.98 Å². The van der Waals surface area contributed by atoms with Crippen LogP contribution in [-0.2, 0) is 0 Å². The standard InChI is InChI=1S/C14H17NO2S/c1-8-5-9(2)13(12(6-8)17-4)14(16)11-7-18-10(3)15-11/h5-7,14,16H,1-4H3. The zero-order valence-corrected chi connectivity index (χ0v) is 11.8. The van der Waals surface area contributed by atoms with Crippen molar-refractivity contribution in [1.82, 2.24) is 4.98 Å². The summed E-state index contributed by atoms with van der Waals surface area (Å²) < 4.78 is 5.37. The Bertz CT molecular complexity index is 563. The summed E-state index contributed by atoms with van der Waals surface area (Å²) in [6.45, 7) is 5.92. The molecule has 1 aromatic heterocycles. The molecule has 3 nitrogen and oxygen atoms in total. The van der Waals surface area contributed by atoms with Crippen LogP contribution in [0.4, 0.5) is 0 Å². The number of ether oxygens (including phenoxy) is 1. The number of thiazole rings is 1. The first-order chi connectivity index (χ1) is 8.52. The summed E-state index contributed by atoms with van der Waals surface area (Å²) in [5, 5.41) is 13.3. The zero-order chi connectivity index (χ0) is 13.3. The Morgan fingerprint density at radius 2 is 2.00 bits per heavy atom. The number of aryl methyl sites for hydroxylation is 3. The summed E-state index contributed by atoms with van der Waals surface area (Å²) in [7, 11) is 1.62. The quantitative estimate of drug-likeness (QED) is 0.925. The normalized spacial score (nSPS) is 12.5. The smallest absolute Gasteiger partial charge is 0.126 e. The maximum atomic E-state index is 10.5. The molecule has 0 saturated heterocycles. The molecule has 18 heavy (non-hydrogen) atoms. The van der Waals surface area contributed by atoms with Gasteiger partial charge in [0.1, 0.15) is 11.9 Å². The van der Waals surface area contributed by atoms with E-state index < -0.39 is 6.10 Å². The van der Waals surface area contributed by atoms with Crippen LogP contribution < -0.4 is 4.74 Å². The van der Waals surface area contributed by atoms with Crippen molar-refractivity contribution in [3.8, 4) is 5.75 Å². The largest absolute Gasteiger partial charge is 0.496 e. The number of aliphatic hydroxyl groups is 1. The highest BCUT2D eigenvalue weighted by Crippen LogP contribution is 2.34. The lowest BCUT2D eigenvalue weighted by Gasteiger charge is -2.17. The molecule has 0 fully saturated rings. The van der Waals surface area contributed by atoms with Crippen molar-refractivity contribution in [2.45, 2.75) is 26.9 Å². The zero-order valence-electron chi connectivity index (χ0n) is 11.0. The molecule has 4 heteroatoms. The molecule has 1 heterocycles. The molecule has 2 rings (SSSR count). The molecule has 1 N–H and O–H groups in total. The second kappa shape index (κ2) is 5.08. The van der Waals surface area contributed by atoms with Crippen LogP contribution in [0.25, 0.3) is 0 Å². The van der Waals surface area contributed by atoms with Gasteiger partial charge in [-0.3, -0.25) is 0 Å². The van der Waals surface area contributed by atoms with Crippen LogP contribution in [0.3, 0.4) is 0 Å². The van der Waals surface area contributed by atoms with Crippen molar-refractivity contribution < 1.29 is 9.84 Å². The highest BCUT2D eigenvalue weighted by Gasteiger charge is 2.20. The van der Waals surface area contributed by atoms with E-state index in [4.69, 9.17) is 4.74 Å². The van der Waals surface area contributed by atoms with Crippen LogP contribution in [0.15, 0.2) is 17.5 Å². The van der Waals surface area contributed by atoms with Crippen LogP contribution >= 0.6 is 11.3 Å². The van der Waals surface area contributed by atoms with Gasteiger partial charge in [0.25, 0.3) is 0 Å². The first kappa shape index (κ1) is 13.1. The number of hydrogen-bond acceptors (Lipinski definition) is 4. The van der Waals surface area contributed by atoms with Gasteiger partial charge in [0, 0.05) is 10.9 Å². The molecule has 0 aliphatic heterocycles. The Hall–Kier alpha value is -1.39. The van der Waals surface area contributed by atoms with Crippen molar-refractivity contribution in [2.24, 2.45) is 0 Å². The van der Waals surface area contributed by atoms with E-state index in [1.54, 1.807) is 7.11 Å². The van der Waals surface area contributed by atoms with Crippen LogP contribution in [0.2, 0.25) is 0 Å². The fourth-order valence-electron chi connectivity index (χ4n) is 2.11. The number of rotatable bonds is 3. The van der Waals surface area contributed by atoms with Crippen molar-refractivity contribution >= 4 is 11.3 Å². The maximum absolute atomic E-state index is 10.5. The van der Waals surface area contributed by atoms with Crippen molar-refractivity contribution in [2.75, 3.05) is 7.11 Å². The average Bonchev–Trinajstić information content (AvgIpc) is 2.74. The number of hydrogen-bond donors (Lipinski definition) is 1. The summed E-state index contributed by atoms with van der Waals surface area (Å²) in [6, 6.07) is 3.98. The molecule has 2 aromatic rings. The maximum Gasteiger partial charge on any atom is 0.126 e. The number of aromatic nitrogens is 1. The first-order valence-corrected chi connectivity index (χ1v) is 6.66. The Balaban J connectivity index is 2.50. The van der Waals surface area contributed by atoms with E-state index in [-0.39, 0.29) is 0 Å². The van der Waals surface area contributed by atoms with Gasteiger partial charge in [0.15, 0.2) is 0 Å². The van der Waals surface area contributed by atoms with Gasteiger partial charge in [-0.05, 0) is 38.0 Å². The third-order valence-corrected chi connectivity index (χ3v) is 3.70. The van der Waals surface area contributed by atoms with E-state index in [0.717, 1.165) is 21.7 Å². The molecule has 1 atom stereocenters. The molecular weight excluding hydrogens is 246 g/mol. The minimum Gasteiger partial charge on any atom is -0.496 e. The van der Waals surface area contributed by atoms with Gasteiger partial charge in [0.2, 0.25) is 0 Å². The van der Waals surface area contributed by atoms with Crippen molar-refractivity contribution in [1.29, 1.82) is 0 Å². The SMILES string of the molecule is COc1cc(C)cc(C)c1C(O)c1csc(C)n1. The van der Waals surface area contributed by atoms with E-state index >= 15 is 0 Å². The van der Waals surface area contributed by atoms with Gasteiger partial charge in [-0.1, -0.05) is 6.07 Å². The summed E-state index contributed by atoms with van der Waals surface area (Å²) in [5.74, 6) is 0.714. The second-order valence-electron chi connectivity index (χ2n) is 4.39. The number of aliphatic hydroxyl groups excluding tert-OH is 1. The fraction of sp³-hybridized carbons (Fsp3) is 0.357. The monoisotopic (exact) mass is 263 g/mol. The van der Waals surface area contributed by atoms with E-state index in [1.807, 2.05) is 38.3 Å². The molecule has 96 valence electrons. The summed E-state index contributed by atoms with van der Waals surface area (Å²) in [5.41, 5.74) is 3.62. The molecule has 0 radical (unpaired) electrons. The van der Waals surface area contributed by atoms with E-state index in [2.05, 4.69) is 4.98 Å². The van der Waals surface area contributed by atoms with E-state index in [0.29, 0.717) is 11.4 Å². The molecule has 0 spiro atoms. The van der Waals surface area contributed by atoms with Gasteiger partial charge in [-0.15, -0.1) is 11.3 Å². The van der Waals surface area contributed by atoms with Crippen LogP contribution in [0.1, 0.15) is 33.5 Å². The summed E-state index contributed by atoms with van der Waals surface area (Å²) >= 11 is 1.54. The Morgan fingerprint density at radius 1 is 1.28 bits per heavy atom. The Labute approximate surface area is 111 Å². The molecule has 1 aromatic carbocycles. The first-order valence-electron chi connectivity index (χ1n) is 5.78. The molecular formula is C14H17NO2S. The Morgan fingerprint density at radius 3 is 2.56 bits per heavy atom. The lowest BCUT2D eigenvalue weighted by molar-refractivity contribution is 0.209. The van der Waals surface area contributed by atoms with Crippen LogP contribution in [0.5, 0.6) is 5.75 Å². The predicted molar refractivity (Wildman–Crippen MR) is 73.4 cm³/mol. The minimum absolute atomic E-state index is 0.683. The third-order valence-electron chi connectivity index (χ3n) is 2.90. The molecule has 0 aliphatic carbocycles. The van der Waals surface area contributed by atoms with Crippen molar-refractivity contribution in [3.05, 3.63) is 44.9 Å². The van der Waals surface area contributed by atoms with Crippen LogP contribution in [-0.4, -0.2) is 17.2 Å². The fourth-order valence-corrected chi connectivity index (χ4v) is 2.74. The molecule has 0 aliphatic rings. The number of nitrogens with zero attached hydrogens (tertiary/aromatic N) is 1. The van der Waals surface area contributed by atoms with Gasteiger partial charge in [-0.2, -0.15) is 0 Å². The number of methoxy groups -OCH3 is 1. The van der Waals surface area contributed by atoms with E-state index in [9.17, 15) is 5.11 Å². The summed E-state index contributed by atoms with van der Waals surface area (Å²) in [4.78, 5) is 4.34. The average molecular weight is 263 g/mol. The minimum atomic E-state index is -0.731. The lowest BCUT2D eigenvalue weighted by Crippen LogP contribution is -2.06. The highest BCUT2D eigenvalue weighted by molar-refractivity contribution is 7.09. The molecule has 0 saturated carbocycles. The van der Waals surface area contributed by atoms with E-state index in [1.165, 1.54) is 11.3 Å². The van der Waals surface area contributed by atoms with Crippen molar-refractivity contribution in [3.63, 3.8) is 0 Å².